The summed E-state index contributed by atoms with van der Waals surface area (Å²) in [6.45, 7) is 1.22. The van der Waals surface area contributed by atoms with Crippen molar-refractivity contribution in [2.75, 3.05) is 6.54 Å². The number of Topliss-reactive ketones (excluding diaryl/α,β-unsaturated/α-hetero) is 1. The number of carbonyl (C=O) groups excluding carboxylic acids is 1. The molecule has 2 aromatic rings. The second kappa shape index (κ2) is 6.36. The number of rotatable bonds is 3. The van der Waals surface area contributed by atoms with Crippen LogP contribution in [0.25, 0.3) is 0 Å². The van der Waals surface area contributed by atoms with Crippen LogP contribution >= 0.6 is 0 Å². The summed E-state index contributed by atoms with van der Waals surface area (Å²) in [7, 11) is 0. The predicted octanol–water partition coefficient (Wildman–Crippen LogP) is 4.21. The highest BCUT2D eigenvalue weighted by Crippen LogP contribution is 2.60. The Morgan fingerprint density at radius 3 is 2.69 bits per heavy atom. The van der Waals surface area contributed by atoms with E-state index in [4.69, 9.17) is 10.6 Å². The number of nitrogens with two attached hydrogens (primary N) is 1. The summed E-state index contributed by atoms with van der Waals surface area (Å²) >= 11 is 0. The van der Waals surface area contributed by atoms with E-state index >= 15 is 0 Å². The minimum atomic E-state index is -0.152. The molecule has 0 spiro atoms. The molecule has 148 valence electrons. The van der Waals surface area contributed by atoms with Gasteiger partial charge < -0.3 is 5.73 Å². The van der Waals surface area contributed by atoms with Crippen LogP contribution in [-0.4, -0.2) is 18.4 Å². The van der Waals surface area contributed by atoms with Gasteiger partial charge in [-0.1, -0.05) is 55.0 Å². The molecule has 29 heavy (non-hydrogen) atoms. The van der Waals surface area contributed by atoms with E-state index in [0.717, 1.165) is 29.7 Å². The zero-order valence-corrected chi connectivity index (χ0v) is 16.6. The van der Waals surface area contributed by atoms with Gasteiger partial charge >= 0.3 is 0 Å². The van der Waals surface area contributed by atoms with Crippen molar-refractivity contribution in [2.45, 2.75) is 44.2 Å². The third-order valence-corrected chi connectivity index (χ3v) is 7.55. The molecule has 2 aliphatic heterocycles. The second-order valence-electron chi connectivity index (χ2n) is 9.08. The van der Waals surface area contributed by atoms with E-state index in [2.05, 4.69) is 30.3 Å². The molecule has 5 atom stereocenters. The minimum Gasteiger partial charge on any atom is -0.322 e. The van der Waals surface area contributed by atoms with Crippen molar-refractivity contribution in [1.82, 2.24) is 4.65 Å². The predicted molar refractivity (Wildman–Crippen MR) is 113 cm³/mol. The highest BCUT2D eigenvalue weighted by molar-refractivity contribution is 5.95. The van der Waals surface area contributed by atoms with E-state index in [9.17, 15) is 4.79 Å². The first-order chi connectivity index (χ1) is 14.2. The molecule has 1 fully saturated rings. The monoisotopic (exact) mass is 387 g/mol. The number of ketones is 1. The maximum absolute atomic E-state index is 13.3. The van der Waals surface area contributed by atoms with Crippen LogP contribution in [0.4, 0.5) is 5.69 Å². The lowest BCUT2D eigenvalue weighted by Gasteiger charge is -2.48. The topological polar surface area (TPSA) is 52.3 Å². The van der Waals surface area contributed by atoms with Crippen LogP contribution in [0, 0.1) is 11.8 Å². The van der Waals surface area contributed by atoms with Crippen molar-refractivity contribution in [1.29, 1.82) is 0 Å². The van der Waals surface area contributed by atoms with Crippen LogP contribution in [0.1, 0.15) is 42.7 Å². The van der Waals surface area contributed by atoms with Gasteiger partial charge in [0, 0.05) is 24.0 Å². The Morgan fingerprint density at radius 1 is 1.03 bits per heavy atom. The molecule has 1 saturated carbocycles. The molecule has 2 N–H and O–H groups in total. The van der Waals surface area contributed by atoms with E-state index < -0.39 is 0 Å². The molecule has 0 radical (unpaired) electrons. The first kappa shape index (κ1) is 17.6. The molecule has 0 amide bonds. The molecule has 2 aliphatic carbocycles. The van der Waals surface area contributed by atoms with Crippen molar-refractivity contribution < 1.29 is 9.63 Å². The maximum Gasteiger partial charge on any atom is 0.174 e. The Bertz CT molecular complexity index is 1010. The van der Waals surface area contributed by atoms with Gasteiger partial charge in [-0.15, -0.1) is 4.65 Å². The van der Waals surface area contributed by atoms with Crippen LogP contribution in [0.15, 0.2) is 65.9 Å². The number of allylic oxidation sites excluding steroid dienone is 1. The van der Waals surface area contributed by atoms with Crippen molar-refractivity contribution in [3.63, 3.8) is 0 Å². The average Bonchev–Trinajstić information content (AvgIpc) is 3.05. The molecular weight excluding hydrogens is 360 g/mol. The van der Waals surface area contributed by atoms with Crippen molar-refractivity contribution in [3.8, 4) is 0 Å². The number of hydrogen-bond acceptors (Lipinski definition) is 3. The van der Waals surface area contributed by atoms with Gasteiger partial charge in [0.25, 0.3) is 0 Å². The van der Waals surface area contributed by atoms with Crippen molar-refractivity contribution in [2.24, 2.45) is 17.6 Å². The van der Waals surface area contributed by atoms with E-state index in [1.807, 2.05) is 24.3 Å². The van der Waals surface area contributed by atoms with Gasteiger partial charge in [-0.3, -0.25) is 4.79 Å². The molecule has 0 bridgehead atoms. The number of carbonyl (C=O) groups is 1. The first-order valence-corrected chi connectivity index (χ1v) is 10.9. The number of hydrogen-bond donors (Lipinski definition) is 1. The normalized spacial score (nSPS) is 34.7. The quantitative estimate of drug-likeness (QED) is 0.803. The molecule has 4 nitrogen and oxygen atoms in total. The number of fused-ring (bicyclic) bond motifs is 3. The molecule has 4 aliphatic rings. The highest BCUT2D eigenvalue weighted by Gasteiger charge is 2.63. The lowest BCUT2D eigenvalue weighted by atomic mass is 9.64. The smallest absolute Gasteiger partial charge is 0.174 e. The fourth-order valence-corrected chi connectivity index (χ4v) is 6.43. The van der Waals surface area contributed by atoms with Crippen LogP contribution in [-0.2, 0) is 16.2 Å². The summed E-state index contributed by atoms with van der Waals surface area (Å²) in [5.41, 5.74) is 12.9. The van der Waals surface area contributed by atoms with Gasteiger partial charge in [-0.2, -0.15) is 4.84 Å². The number of quaternary nitrogens is 1. The van der Waals surface area contributed by atoms with Gasteiger partial charge in [0.05, 0.1) is 6.04 Å². The Balaban J connectivity index is 1.56. The summed E-state index contributed by atoms with van der Waals surface area (Å²) in [6.07, 6.45) is 4.09. The summed E-state index contributed by atoms with van der Waals surface area (Å²) in [4.78, 5) is 20.1. The molecular formula is C25H27N2O2+. The van der Waals surface area contributed by atoms with Crippen molar-refractivity contribution in [3.05, 3.63) is 77.0 Å². The van der Waals surface area contributed by atoms with Crippen LogP contribution in [0.2, 0.25) is 0 Å². The Labute approximate surface area is 171 Å². The van der Waals surface area contributed by atoms with Gasteiger partial charge in [0.1, 0.15) is 19.1 Å². The van der Waals surface area contributed by atoms with E-state index in [-0.39, 0.29) is 12.0 Å². The van der Waals surface area contributed by atoms with Gasteiger partial charge in [-0.25, -0.2) is 0 Å². The van der Waals surface area contributed by atoms with E-state index in [1.165, 1.54) is 17.7 Å². The Hall–Kier alpha value is -2.27. The zero-order valence-electron chi connectivity index (χ0n) is 16.6. The summed E-state index contributed by atoms with van der Waals surface area (Å²) in [5, 5.41) is 0. The Kier molecular flexibility index (Phi) is 3.86. The van der Waals surface area contributed by atoms with Crippen molar-refractivity contribution >= 4 is 11.5 Å². The van der Waals surface area contributed by atoms with Gasteiger partial charge in [0.15, 0.2) is 17.2 Å². The largest absolute Gasteiger partial charge is 0.322 e. The zero-order chi connectivity index (χ0) is 19.6. The fraction of sp³-hybridized carbons (Fsp3) is 0.400. The number of benzene rings is 2. The summed E-state index contributed by atoms with van der Waals surface area (Å²) in [6, 6.07) is 18.7. The first-order valence-electron chi connectivity index (χ1n) is 10.9. The standard InChI is InChI=1S/C25H27N2O2/c26-20-14-27(29-15-16-7-2-1-3-8-16)21-12-5-4-10-19(21)24-22(28)13-17-9-6-11-18(20)23(17)25(24)27/h1-5,7-8,10,12,17-18,20,24H,6,9,11,13-15,26H2/q+1. The highest BCUT2D eigenvalue weighted by atomic mass is 16.7. The molecule has 2 aromatic carbocycles. The fourth-order valence-electron chi connectivity index (χ4n) is 6.43. The molecule has 5 unspecified atom stereocenters. The molecule has 2 heterocycles. The van der Waals surface area contributed by atoms with Gasteiger partial charge in [0.2, 0.25) is 0 Å². The Morgan fingerprint density at radius 2 is 1.83 bits per heavy atom. The average molecular weight is 388 g/mol. The van der Waals surface area contributed by atoms with Crippen LogP contribution < -0.4 is 10.4 Å². The lowest BCUT2D eigenvalue weighted by molar-refractivity contribution is -0.148. The summed E-state index contributed by atoms with van der Waals surface area (Å²) < 4.78 is 0.324. The third-order valence-electron chi connectivity index (χ3n) is 7.55. The molecule has 0 aromatic heterocycles. The number of nitrogens with zero attached hydrogens (tertiary/aromatic N) is 1. The SMILES string of the molecule is NC1C[N+]2(OCc3ccccc3)C3=C4C(CCCC41)CC(=O)C3c1ccccc12. The molecule has 4 heteroatoms. The number of para-hydroxylation sites is 1. The maximum atomic E-state index is 13.3. The van der Waals surface area contributed by atoms with Gasteiger partial charge in [-0.05, 0) is 29.9 Å². The second-order valence-corrected chi connectivity index (χ2v) is 9.08. The summed E-state index contributed by atoms with van der Waals surface area (Å²) in [5.74, 6) is 0.966. The number of hydroxylamine groups is 2. The molecule has 0 saturated heterocycles. The van der Waals surface area contributed by atoms with E-state index in [0.29, 0.717) is 41.8 Å². The van der Waals surface area contributed by atoms with E-state index in [1.54, 1.807) is 0 Å². The van der Waals surface area contributed by atoms with Crippen LogP contribution in [0.3, 0.4) is 0 Å². The third kappa shape index (κ3) is 2.40. The minimum absolute atomic E-state index is 0.0623. The van der Waals surface area contributed by atoms with Crippen LogP contribution in [0.5, 0.6) is 0 Å². The molecule has 6 rings (SSSR count). The lowest BCUT2D eigenvalue weighted by Crippen LogP contribution is -2.61.